The normalized spacial score (nSPS) is 47.5. The highest BCUT2D eigenvalue weighted by molar-refractivity contribution is 6.03. The van der Waals surface area contributed by atoms with Crippen LogP contribution in [0.4, 0.5) is 0 Å². The summed E-state index contributed by atoms with van der Waals surface area (Å²) in [5, 5.41) is 21.5. The fraction of sp³-hybridized carbons (Fsp3) is 0.727. The molecule has 3 aliphatic carbocycles. The Kier molecular flexibility index (Phi) is 4.92. The fourth-order valence-corrected chi connectivity index (χ4v) is 5.32. The molecular weight excluding hydrogens is 344 g/mol. The summed E-state index contributed by atoms with van der Waals surface area (Å²) in [6.07, 6.45) is 3.20. The summed E-state index contributed by atoms with van der Waals surface area (Å²) >= 11 is 0. The standard InChI is InChI=1S/C22H32O5/c1-11-7-17-19(25)13(3)10-22(17,27-14(4)23)20(26)12(2)8-15-16(9-18(11)24)21(15,5)6/h7-8,13,15-19,24-25H,9-10H2,1-6H3/b11-7+,12-8+. The molecule has 5 nitrogen and oxygen atoms in total. The predicted octanol–water partition coefficient (Wildman–Crippen LogP) is 2.80. The van der Waals surface area contributed by atoms with Crippen LogP contribution in [0.3, 0.4) is 0 Å². The van der Waals surface area contributed by atoms with Crippen LogP contribution < -0.4 is 0 Å². The predicted molar refractivity (Wildman–Crippen MR) is 102 cm³/mol. The van der Waals surface area contributed by atoms with E-state index in [4.69, 9.17) is 4.74 Å². The van der Waals surface area contributed by atoms with Crippen molar-refractivity contribution in [2.75, 3.05) is 0 Å². The largest absolute Gasteiger partial charge is 0.450 e. The van der Waals surface area contributed by atoms with E-state index >= 15 is 0 Å². The summed E-state index contributed by atoms with van der Waals surface area (Å²) in [6.45, 7) is 11.1. The lowest BCUT2D eigenvalue weighted by Crippen LogP contribution is -2.48. The Morgan fingerprint density at radius 2 is 1.81 bits per heavy atom. The molecule has 0 heterocycles. The Morgan fingerprint density at radius 1 is 1.19 bits per heavy atom. The summed E-state index contributed by atoms with van der Waals surface area (Å²) in [5.41, 5.74) is -0.0899. The van der Waals surface area contributed by atoms with Gasteiger partial charge in [0.2, 0.25) is 5.78 Å². The number of ether oxygens (including phenoxy) is 1. The first-order valence-electron chi connectivity index (χ1n) is 9.89. The molecule has 3 aliphatic rings. The van der Waals surface area contributed by atoms with Crippen LogP contribution in [0.25, 0.3) is 0 Å². The van der Waals surface area contributed by atoms with E-state index in [1.54, 1.807) is 13.0 Å². The van der Waals surface area contributed by atoms with Gasteiger partial charge in [-0.1, -0.05) is 32.9 Å². The van der Waals surface area contributed by atoms with Gasteiger partial charge in [0.25, 0.3) is 0 Å². The number of rotatable bonds is 1. The van der Waals surface area contributed by atoms with Gasteiger partial charge in [0.15, 0.2) is 5.60 Å². The molecule has 5 heteroatoms. The van der Waals surface area contributed by atoms with E-state index in [2.05, 4.69) is 13.8 Å². The number of aliphatic hydroxyl groups is 2. The van der Waals surface area contributed by atoms with Gasteiger partial charge in [-0.2, -0.15) is 0 Å². The Labute approximate surface area is 161 Å². The molecule has 0 saturated heterocycles. The highest BCUT2D eigenvalue weighted by Crippen LogP contribution is 2.62. The lowest BCUT2D eigenvalue weighted by Gasteiger charge is -2.33. The molecule has 7 atom stereocenters. The zero-order valence-corrected chi connectivity index (χ0v) is 17.2. The zero-order chi connectivity index (χ0) is 20.3. The molecule has 0 aliphatic heterocycles. The third kappa shape index (κ3) is 3.19. The quantitative estimate of drug-likeness (QED) is 0.543. The van der Waals surface area contributed by atoms with Gasteiger partial charge in [-0.25, -0.2) is 0 Å². The van der Waals surface area contributed by atoms with Gasteiger partial charge >= 0.3 is 5.97 Å². The second-order valence-corrected chi connectivity index (χ2v) is 9.48. The van der Waals surface area contributed by atoms with Crippen molar-refractivity contribution in [3.8, 4) is 0 Å². The average molecular weight is 376 g/mol. The van der Waals surface area contributed by atoms with Gasteiger partial charge in [-0.15, -0.1) is 0 Å². The Bertz CT molecular complexity index is 718. The molecular formula is C22H32O5. The van der Waals surface area contributed by atoms with E-state index in [0.29, 0.717) is 17.9 Å². The molecule has 0 amide bonds. The highest BCUT2D eigenvalue weighted by Gasteiger charge is 2.60. The molecule has 7 unspecified atom stereocenters. The molecule has 2 N–H and O–H groups in total. The molecule has 0 aromatic rings. The number of carbonyl (C=O) groups is 2. The lowest BCUT2D eigenvalue weighted by molar-refractivity contribution is -0.168. The van der Waals surface area contributed by atoms with Crippen molar-refractivity contribution in [2.45, 2.75) is 72.2 Å². The van der Waals surface area contributed by atoms with E-state index in [1.165, 1.54) is 6.92 Å². The number of hydrogen-bond donors (Lipinski definition) is 2. The van der Waals surface area contributed by atoms with E-state index in [9.17, 15) is 19.8 Å². The van der Waals surface area contributed by atoms with Crippen LogP contribution in [0.5, 0.6) is 0 Å². The van der Waals surface area contributed by atoms with Gasteiger partial charge < -0.3 is 14.9 Å². The third-order valence-corrected chi connectivity index (χ3v) is 7.20. The van der Waals surface area contributed by atoms with E-state index in [1.807, 2.05) is 19.9 Å². The first kappa shape index (κ1) is 20.3. The van der Waals surface area contributed by atoms with E-state index in [-0.39, 0.29) is 29.5 Å². The van der Waals surface area contributed by atoms with Crippen LogP contribution in [-0.4, -0.2) is 39.8 Å². The van der Waals surface area contributed by atoms with E-state index in [0.717, 1.165) is 5.57 Å². The van der Waals surface area contributed by atoms with Gasteiger partial charge in [-0.05, 0) is 54.6 Å². The summed E-state index contributed by atoms with van der Waals surface area (Å²) in [7, 11) is 0. The zero-order valence-electron chi connectivity index (χ0n) is 17.2. The van der Waals surface area contributed by atoms with Gasteiger partial charge in [-0.3, -0.25) is 9.59 Å². The molecule has 0 bridgehead atoms. The molecule has 0 radical (unpaired) electrons. The maximum absolute atomic E-state index is 13.5. The Balaban J connectivity index is 2.15. The maximum Gasteiger partial charge on any atom is 0.303 e. The summed E-state index contributed by atoms with van der Waals surface area (Å²) < 4.78 is 5.67. The first-order chi connectivity index (χ1) is 12.4. The molecule has 0 spiro atoms. The number of allylic oxidation sites excluding steroid dienone is 1. The van der Waals surface area contributed by atoms with Crippen LogP contribution in [0.1, 0.15) is 54.4 Å². The number of hydrogen-bond acceptors (Lipinski definition) is 5. The van der Waals surface area contributed by atoms with Gasteiger partial charge in [0.05, 0.1) is 18.1 Å². The number of Topliss-reactive ketones (excluding diaryl/α,β-unsaturated/α-hetero) is 1. The Hall–Kier alpha value is -1.46. The average Bonchev–Trinajstić information content (AvgIpc) is 2.97. The molecule has 2 fully saturated rings. The minimum Gasteiger partial charge on any atom is -0.450 e. The first-order valence-corrected chi connectivity index (χ1v) is 9.89. The SMILES string of the molecule is CC(=O)OC12CC(C)C(O)C1/C=C(\C)C(O)CC1C(/C=C(\C)C2=O)C1(C)C. The number of ketones is 1. The van der Waals surface area contributed by atoms with Crippen molar-refractivity contribution in [3.63, 3.8) is 0 Å². The minimum atomic E-state index is -1.41. The van der Waals surface area contributed by atoms with Crippen LogP contribution in [0, 0.1) is 29.1 Å². The maximum atomic E-state index is 13.5. The molecule has 150 valence electrons. The van der Waals surface area contributed by atoms with Crippen molar-refractivity contribution < 1.29 is 24.5 Å². The van der Waals surface area contributed by atoms with Crippen LogP contribution in [0.2, 0.25) is 0 Å². The lowest BCUT2D eigenvalue weighted by atomic mass is 9.81. The van der Waals surface area contributed by atoms with Crippen LogP contribution in [-0.2, 0) is 14.3 Å². The minimum absolute atomic E-state index is 0.0263. The number of esters is 1. The number of carbonyl (C=O) groups excluding carboxylic acids is 2. The monoisotopic (exact) mass is 376 g/mol. The van der Waals surface area contributed by atoms with Crippen LogP contribution >= 0.6 is 0 Å². The van der Waals surface area contributed by atoms with Gasteiger partial charge in [0.1, 0.15) is 0 Å². The summed E-state index contributed by atoms with van der Waals surface area (Å²) in [6, 6.07) is 0. The number of fused-ring (bicyclic) bond motifs is 2. The molecule has 27 heavy (non-hydrogen) atoms. The fourth-order valence-electron chi connectivity index (χ4n) is 5.32. The van der Waals surface area contributed by atoms with Crippen LogP contribution in [0.15, 0.2) is 23.3 Å². The molecule has 0 aromatic carbocycles. The summed E-state index contributed by atoms with van der Waals surface area (Å²) in [5.74, 6) is -1.12. The van der Waals surface area contributed by atoms with Crippen molar-refractivity contribution in [3.05, 3.63) is 23.3 Å². The van der Waals surface area contributed by atoms with Crippen molar-refractivity contribution in [1.82, 2.24) is 0 Å². The second-order valence-electron chi connectivity index (χ2n) is 9.48. The van der Waals surface area contributed by atoms with Crippen molar-refractivity contribution >= 4 is 11.8 Å². The van der Waals surface area contributed by atoms with E-state index < -0.39 is 29.7 Å². The molecule has 2 saturated carbocycles. The third-order valence-electron chi connectivity index (χ3n) is 7.20. The number of aliphatic hydroxyl groups excluding tert-OH is 2. The van der Waals surface area contributed by atoms with Gasteiger partial charge in [0, 0.05) is 13.3 Å². The van der Waals surface area contributed by atoms with Crippen molar-refractivity contribution in [1.29, 1.82) is 0 Å². The summed E-state index contributed by atoms with van der Waals surface area (Å²) in [4.78, 5) is 25.4. The van der Waals surface area contributed by atoms with Crippen molar-refractivity contribution in [2.24, 2.45) is 29.1 Å². The Morgan fingerprint density at radius 3 is 2.41 bits per heavy atom. The second kappa shape index (κ2) is 6.56. The smallest absolute Gasteiger partial charge is 0.303 e. The molecule has 0 aromatic heterocycles. The topological polar surface area (TPSA) is 83.8 Å². The molecule has 3 rings (SSSR count). The highest BCUT2D eigenvalue weighted by atomic mass is 16.6.